The van der Waals surface area contributed by atoms with Gasteiger partial charge in [0.2, 0.25) is 0 Å². The second kappa shape index (κ2) is 1.66. The number of nitrogens with zero attached hydrogens (tertiary/aromatic N) is 1. The van der Waals surface area contributed by atoms with E-state index in [9.17, 15) is 0 Å². The molecule has 1 rings (SSSR count). The van der Waals surface area contributed by atoms with Crippen molar-refractivity contribution in [3.05, 3.63) is 12.2 Å². The predicted molar refractivity (Wildman–Crippen MR) is 30.2 cm³/mol. The zero-order chi connectivity index (χ0) is 5.28. The molecule has 1 radical (unpaired) electrons. The normalized spacial score (nSPS) is 39.7. The van der Waals surface area contributed by atoms with Crippen molar-refractivity contribution in [1.82, 2.24) is 5.32 Å². The van der Waals surface area contributed by atoms with Crippen LogP contribution in [-0.2, 0) is 0 Å². The van der Waals surface area contributed by atoms with Gasteiger partial charge in [-0.2, -0.15) is 0 Å². The lowest BCUT2D eigenvalue weighted by Gasteiger charge is -1.99. The minimum Gasteiger partial charge on any atom is -0.227 e. The minimum absolute atomic E-state index is 0.468. The van der Waals surface area contributed by atoms with Gasteiger partial charge in [-0.25, -0.2) is 5.32 Å². The zero-order valence-electron chi connectivity index (χ0n) is 4.76. The Bertz CT molecular complexity index is 76.2. The summed E-state index contributed by atoms with van der Waals surface area (Å²) in [4.78, 5) is 0. The van der Waals surface area contributed by atoms with Crippen molar-refractivity contribution < 1.29 is 0 Å². The van der Waals surface area contributed by atoms with Crippen LogP contribution in [-0.4, -0.2) is 12.1 Å². The van der Waals surface area contributed by atoms with Gasteiger partial charge in [0.15, 0.2) is 0 Å². The molecule has 0 amide bonds. The van der Waals surface area contributed by atoms with Gasteiger partial charge in [0, 0.05) is 12.1 Å². The van der Waals surface area contributed by atoms with E-state index in [1.807, 2.05) is 0 Å². The van der Waals surface area contributed by atoms with Gasteiger partial charge in [0.25, 0.3) is 0 Å². The van der Waals surface area contributed by atoms with Crippen molar-refractivity contribution in [3.8, 4) is 0 Å². The third-order valence-electron chi connectivity index (χ3n) is 1.14. The van der Waals surface area contributed by atoms with Crippen molar-refractivity contribution in [3.63, 3.8) is 0 Å². The van der Waals surface area contributed by atoms with Crippen molar-refractivity contribution in [1.29, 1.82) is 0 Å². The molecule has 0 unspecified atom stereocenters. The van der Waals surface area contributed by atoms with Gasteiger partial charge < -0.3 is 0 Å². The van der Waals surface area contributed by atoms with Gasteiger partial charge in [0.1, 0.15) is 0 Å². The van der Waals surface area contributed by atoms with E-state index in [4.69, 9.17) is 0 Å². The highest BCUT2D eigenvalue weighted by Gasteiger charge is 2.08. The van der Waals surface area contributed by atoms with Crippen LogP contribution in [0.3, 0.4) is 0 Å². The topological polar surface area (TPSA) is 14.1 Å². The Labute approximate surface area is 44.4 Å². The highest BCUT2D eigenvalue weighted by Crippen LogP contribution is 2.01. The first-order chi connectivity index (χ1) is 3.29. The molecule has 0 saturated carbocycles. The van der Waals surface area contributed by atoms with Gasteiger partial charge >= 0.3 is 0 Å². The lowest BCUT2D eigenvalue weighted by molar-refractivity contribution is 0.613. The Morgan fingerprint density at radius 1 is 1.14 bits per heavy atom. The first kappa shape index (κ1) is 4.85. The Morgan fingerprint density at radius 2 is 1.57 bits per heavy atom. The average Bonchev–Trinajstić information content (AvgIpc) is 1.87. The second-order valence-corrected chi connectivity index (χ2v) is 2.02. The first-order valence-corrected chi connectivity index (χ1v) is 2.67. The van der Waals surface area contributed by atoms with E-state index in [1.54, 1.807) is 0 Å². The highest BCUT2D eigenvalue weighted by molar-refractivity contribution is 5.04. The molecular weight excluding hydrogens is 86.1 g/mol. The molecule has 0 aromatic heterocycles. The van der Waals surface area contributed by atoms with Gasteiger partial charge in [-0.3, -0.25) is 0 Å². The maximum absolute atomic E-state index is 4.28. The van der Waals surface area contributed by atoms with E-state index in [1.165, 1.54) is 0 Å². The Hall–Kier alpha value is -0.300. The van der Waals surface area contributed by atoms with E-state index in [0.717, 1.165) is 0 Å². The Morgan fingerprint density at radius 3 is 1.71 bits per heavy atom. The maximum atomic E-state index is 4.28. The molecule has 7 heavy (non-hydrogen) atoms. The molecule has 1 heteroatoms. The third kappa shape index (κ3) is 1.03. The summed E-state index contributed by atoms with van der Waals surface area (Å²) < 4.78 is 0. The van der Waals surface area contributed by atoms with Crippen molar-refractivity contribution in [2.24, 2.45) is 0 Å². The summed E-state index contributed by atoms with van der Waals surface area (Å²) in [5, 5.41) is 4.28. The Kier molecular flexibility index (Phi) is 1.15. The summed E-state index contributed by atoms with van der Waals surface area (Å²) in [6.45, 7) is 4.19. The molecule has 2 atom stereocenters. The standard InChI is InChI=1S/C6H10N/c1-5-3-4-6(2)7-5/h3-6H,1-2H3/t5-,6+. The second-order valence-electron chi connectivity index (χ2n) is 2.02. The maximum Gasteiger partial charge on any atom is 0.0405 e. The van der Waals surface area contributed by atoms with Gasteiger partial charge in [-0.05, 0) is 13.8 Å². The van der Waals surface area contributed by atoms with Crippen molar-refractivity contribution >= 4 is 0 Å². The van der Waals surface area contributed by atoms with E-state index in [2.05, 4.69) is 31.3 Å². The molecule has 1 heterocycles. The quantitative estimate of drug-likeness (QED) is 0.398. The van der Waals surface area contributed by atoms with Crippen LogP contribution < -0.4 is 5.32 Å². The number of hydrogen-bond acceptors (Lipinski definition) is 0. The van der Waals surface area contributed by atoms with Crippen LogP contribution in [0.15, 0.2) is 12.2 Å². The van der Waals surface area contributed by atoms with Gasteiger partial charge in [-0.15, -0.1) is 0 Å². The van der Waals surface area contributed by atoms with E-state index in [0.29, 0.717) is 12.1 Å². The van der Waals surface area contributed by atoms with Crippen LogP contribution in [0.2, 0.25) is 0 Å². The molecule has 0 spiro atoms. The molecule has 39 valence electrons. The predicted octanol–water partition coefficient (Wildman–Crippen LogP) is 0.938. The van der Waals surface area contributed by atoms with Crippen LogP contribution in [0.25, 0.3) is 0 Å². The third-order valence-corrected chi connectivity index (χ3v) is 1.14. The molecule has 0 bridgehead atoms. The fourth-order valence-electron chi connectivity index (χ4n) is 0.792. The zero-order valence-corrected chi connectivity index (χ0v) is 4.76. The SMILES string of the molecule is C[C@@H]1C=C[C@H](C)[N]1. The molecule has 0 aliphatic carbocycles. The number of hydrogen-bond donors (Lipinski definition) is 0. The highest BCUT2D eigenvalue weighted by atomic mass is 14.9. The van der Waals surface area contributed by atoms with Crippen molar-refractivity contribution in [2.45, 2.75) is 25.9 Å². The summed E-state index contributed by atoms with van der Waals surface area (Å²) >= 11 is 0. The molecule has 0 N–H and O–H groups in total. The van der Waals surface area contributed by atoms with E-state index in [-0.39, 0.29) is 0 Å². The molecular formula is C6H10N. The smallest absolute Gasteiger partial charge is 0.0405 e. The van der Waals surface area contributed by atoms with Crippen LogP contribution in [0.1, 0.15) is 13.8 Å². The molecule has 0 aromatic carbocycles. The monoisotopic (exact) mass is 96.1 g/mol. The average molecular weight is 96.2 g/mol. The van der Waals surface area contributed by atoms with Crippen LogP contribution in [0, 0.1) is 0 Å². The summed E-state index contributed by atoms with van der Waals surface area (Å²) in [6, 6.07) is 0.935. The van der Waals surface area contributed by atoms with Crippen LogP contribution in [0.4, 0.5) is 0 Å². The van der Waals surface area contributed by atoms with E-state index < -0.39 is 0 Å². The molecule has 0 fully saturated rings. The van der Waals surface area contributed by atoms with Crippen LogP contribution in [0.5, 0.6) is 0 Å². The lowest BCUT2D eigenvalue weighted by Crippen LogP contribution is -2.16. The number of rotatable bonds is 0. The minimum atomic E-state index is 0.468. The first-order valence-electron chi connectivity index (χ1n) is 2.67. The molecule has 1 nitrogen and oxygen atoms in total. The lowest BCUT2D eigenvalue weighted by atomic mass is 10.4. The largest absolute Gasteiger partial charge is 0.227 e. The van der Waals surface area contributed by atoms with Gasteiger partial charge in [-0.1, -0.05) is 12.2 Å². The fraction of sp³-hybridized carbons (Fsp3) is 0.667. The van der Waals surface area contributed by atoms with Gasteiger partial charge in [0.05, 0.1) is 0 Å². The molecule has 1 aliphatic heterocycles. The fourth-order valence-corrected chi connectivity index (χ4v) is 0.792. The summed E-state index contributed by atoms with van der Waals surface area (Å²) in [5.74, 6) is 0. The van der Waals surface area contributed by atoms with E-state index >= 15 is 0 Å². The van der Waals surface area contributed by atoms with Crippen molar-refractivity contribution in [2.75, 3.05) is 0 Å². The summed E-state index contributed by atoms with van der Waals surface area (Å²) in [6.07, 6.45) is 4.26. The Balaban J connectivity index is 2.42. The summed E-state index contributed by atoms with van der Waals surface area (Å²) in [7, 11) is 0. The summed E-state index contributed by atoms with van der Waals surface area (Å²) in [5.41, 5.74) is 0. The molecule has 0 saturated heterocycles. The van der Waals surface area contributed by atoms with Crippen LogP contribution >= 0.6 is 0 Å². The molecule has 1 aliphatic rings. The molecule has 0 aromatic rings.